The van der Waals surface area contributed by atoms with Crippen molar-refractivity contribution in [3.63, 3.8) is 0 Å². The third-order valence-electron chi connectivity index (χ3n) is 1.92. The van der Waals surface area contributed by atoms with Crippen LogP contribution in [0.25, 0.3) is 0 Å². The van der Waals surface area contributed by atoms with Crippen LogP contribution < -0.4 is 0 Å². The van der Waals surface area contributed by atoms with Crippen LogP contribution in [0.2, 0.25) is 0 Å². The largest absolute Gasteiger partial charge is 0.249 e. The van der Waals surface area contributed by atoms with Gasteiger partial charge in [0.2, 0.25) is 0 Å². The summed E-state index contributed by atoms with van der Waals surface area (Å²) >= 11 is 5.80. The SMILES string of the molecule is ClN1CCC(n2cncn2)C1. The van der Waals surface area contributed by atoms with Gasteiger partial charge in [0.1, 0.15) is 12.7 Å². The van der Waals surface area contributed by atoms with Crippen LogP contribution in [0.1, 0.15) is 12.5 Å². The molecule has 0 saturated carbocycles. The van der Waals surface area contributed by atoms with E-state index in [1.54, 1.807) is 17.1 Å². The summed E-state index contributed by atoms with van der Waals surface area (Å²) in [5, 5.41) is 4.05. The van der Waals surface area contributed by atoms with Gasteiger partial charge >= 0.3 is 0 Å². The van der Waals surface area contributed by atoms with Gasteiger partial charge in [-0.25, -0.2) is 14.1 Å². The molecule has 0 aromatic carbocycles. The number of aromatic nitrogens is 3. The summed E-state index contributed by atoms with van der Waals surface area (Å²) in [6, 6.07) is 0.412. The second kappa shape index (κ2) is 2.79. The van der Waals surface area contributed by atoms with E-state index < -0.39 is 0 Å². The van der Waals surface area contributed by atoms with Gasteiger partial charge in [-0.3, -0.25) is 0 Å². The molecule has 1 fully saturated rings. The van der Waals surface area contributed by atoms with Gasteiger partial charge in [0.15, 0.2) is 0 Å². The molecule has 1 aliphatic rings. The van der Waals surface area contributed by atoms with Crippen LogP contribution in [0.15, 0.2) is 12.7 Å². The van der Waals surface area contributed by atoms with E-state index in [1.165, 1.54) is 0 Å². The lowest BCUT2D eigenvalue weighted by molar-refractivity contribution is 0.458. The molecule has 1 aliphatic heterocycles. The Bertz CT molecular complexity index is 222. The highest BCUT2D eigenvalue weighted by Crippen LogP contribution is 2.20. The fourth-order valence-corrected chi connectivity index (χ4v) is 1.58. The Morgan fingerprint density at radius 1 is 1.55 bits per heavy atom. The lowest BCUT2D eigenvalue weighted by Crippen LogP contribution is -2.12. The monoisotopic (exact) mass is 172 g/mol. The topological polar surface area (TPSA) is 34.0 Å². The lowest BCUT2D eigenvalue weighted by atomic mass is 10.3. The first-order chi connectivity index (χ1) is 5.36. The van der Waals surface area contributed by atoms with Crippen molar-refractivity contribution in [1.29, 1.82) is 0 Å². The Morgan fingerprint density at radius 3 is 3.00 bits per heavy atom. The predicted molar refractivity (Wildman–Crippen MR) is 41.1 cm³/mol. The number of hydrogen-bond donors (Lipinski definition) is 0. The summed E-state index contributed by atoms with van der Waals surface area (Å²) < 4.78 is 3.65. The third-order valence-corrected chi connectivity index (χ3v) is 2.23. The van der Waals surface area contributed by atoms with Crippen LogP contribution in [0, 0.1) is 0 Å². The highest BCUT2D eigenvalue weighted by molar-refractivity contribution is 6.13. The molecule has 1 aromatic heterocycles. The molecule has 0 spiro atoms. The van der Waals surface area contributed by atoms with Gasteiger partial charge in [0.25, 0.3) is 0 Å². The van der Waals surface area contributed by atoms with Crippen LogP contribution in [0.3, 0.4) is 0 Å². The van der Waals surface area contributed by atoms with E-state index >= 15 is 0 Å². The van der Waals surface area contributed by atoms with E-state index in [9.17, 15) is 0 Å². The van der Waals surface area contributed by atoms with Crippen molar-refractivity contribution in [3.8, 4) is 0 Å². The summed E-state index contributed by atoms with van der Waals surface area (Å²) in [6.45, 7) is 1.80. The molecule has 4 nitrogen and oxygen atoms in total. The molecule has 0 radical (unpaired) electrons. The zero-order chi connectivity index (χ0) is 7.68. The summed E-state index contributed by atoms with van der Waals surface area (Å²) in [6.07, 6.45) is 4.35. The quantitative estimate of drug-likeness (QED) is 0.585. The van der Waals surface area contributed by atoms with Crippen LogP contribution in [-0.4, -0.2) is 32.3 Å². The summed E-state index contributed by atoms with van der Waals surface area (Å²) in [5.74, 6) is 0. The van der Waals surface area contributed by atoms with Gasteiger partial charge in [-0.05, 0) is 18.2 Å². The van der Waals surface area contributed by atoms with E-state index in [-0.39, 0.29) is 0 Å². The molecule has 60 valence electrons. The van der Waals surface area contributed by atoms with Gasteiger partial charge in [-0.2, -0.15) is 5.10 Å². The van der Waals surface area contributed by atoms with Gasteiger partial charge in [0.05, 0.1) is 6.04 Å². The van der Waals surface area contributed by atoms with Gasteiger partial charge in [-0.1, -0.05) is 0 Å². The first-order valence-electron chi connectivity index (χ1n) is 3.61. The van der Waals surface area contributed by atoms with Gasteiger partial charge in [0, 0.05) is 13.1 Å². The zero-order valence-electron chi connectivity index (χ0n) is 6.02. The van der Waals surface area contributed by atoms with E-state index in [1.807, 2.05) is 4.68 Å². The standard InChI is InChI=1S/C6H9ClN4/c7-10-2-1-6(3-10)11-5-8-4-9-11/h4-6H,1-3H2. The Labute approximate surface area is 69.9 Å². The van der Waals surface area contributed by atoms with Crippen molar-refractivity contribution in [3.05, 3.63) is 12.7 Å². The van der Waals surface area contributed by atoms with Crippen LogP contribution in [0.4, 0.5) is 0 Å². The van der Waals surface area contributed by atoms with Crippen LogP contribution >= 0.6 is 11.8 Å². The van der Waals surface area contributed by atoms with E-state index in [0.29, 0.717) is 6.04 Å². The van der Waals surface area contributed by atoms with Gasteiger partial charge < -0.3 is 0 Å². The smallest absolute Gasteiger partial charge is 0.137 e. The number of halogens is 1. The van der Waals surface area contributed by atoms with Crippen molar-refractivity contribution < 1.29 is 0 Å². The normalized spacial score (nSPS) is 26.1. The molecule has 5 heteroatoms. The second-order valence-corrected chi connectivity index (χ2v) is 3.16. The average molecular weight is 173 g/mol. The fraction of sp³-hybridized carbons (Fsp3) is 0.667. The summed E-state index contributed by atoms with van der Waals surface area (Å²) in [7, 11) is 0. The van der Waals surface area contributed by atoms with Crippen molar-refractivity contribution in [2.75, 3.05) is 13.1 Å². The number of nitrogens with zero attached hydrogens (tertiary/aromatic N) is 4. The second-order valence-electron chi connectivity index (χ2n) is 2.69. The first-order valence-corrected chi connectivity index (χ1v) is 3.95. The van der Waals surface area contributed by atoms with Crippen molar-refractivity contribution in [2.24, 2.45) is 0 Å². The van der Waals surface area contributed by atoms with Crippen molar-refractivity contribution >= 4 is 11.8 Å². The Kier molecular flexibility index (Phi) is 1.79. The molecule has 1 aromatic rings. The van der Waals surface area contributed by atoms with E-state index in [2.05, 4.69) is 10.1 Å². The average Bonchev–Trinajstić information content (AvgIpc) is 2.55. The first kappa shape index (κ1) is 7.06. The molecule has 1 saturated heterocycles. The van der Waals surface area contributed by atoms with Crippen molar-refractivity contribution in [1.82, 2.24) is 19.2 Å². The summed E-state index contributed by atoms with van der Waals surface area (Å²) in [4.78, 5) is 3.88. The zero-order valence-corrected chi connectivity index (χ0v) is 6.78. The molecule has 0 aliphatic carbocycles. The van der Waals surface area contributed by atoms with E-state index in [0.717, 1.165) is 19.5 Å². The minimum atomic E-state index is 0.412. The minimum Gasteiger partial charge on any atom is -0.249 e. The fourth-order valence-electron chi connectivity index (χ4n) is 1.32. The molecule has 2 rings (SSSR count). The maximum atomic E-state index is 5.80. The lowest BCUT2D eigenvalue weighted by Gasteiger charge is -2.07. The molecule has 11 heavy (non-hydrogen) atoms. The van der Waals surface area contributed by atoms with Crippen LogP contribution in [-0.2, 0) is 0 Å². The molecule has 1 atom stereocenters. The molecule has 0 bridgehead atoms. The maximum Gasteiger partial charge on any atom is 0.137 e. The Balaban J connectivity index is 2.08. The molecular formula is C6H9ClN4. The van der Waals surface area contributed by atoms with E-state index in [4.69, 9.17) is 11.8 Å². The number of hydrogen-bond acceptors (Lipinski definition) is 3. The molecular weight excluding hydrogens is 164 g/mol. The molecule has 2 heterocycles. The predicted octanol–water partition coefficient (Wildman–Crippen LogP) is 0.679. The minimum absolute atomic E-state index is 0.412. The molecule has 0 N–H and O–H groups in total. The summed E-state index contributed by atoms with van der Waals surface area (Å²) in [5.41, 5.74) is 0. The van der Waals surface area contributed by atoms with Crippen LogP contribution in [0.5, 0.6) is 0 Å². The Morgan fingerprint density at radius 2 is 2.45 bits per heavy atom. The number of rotatable bonds is 1. The van der Waals surface area contributed by atoms with Crippen molar-refractivity contribution in [2.45, 2.75) is 12.5 Å². The highest BCUT2D eigenvalue weighted by atomic mass is 35.5. The van der Waals surface area contributed by atoms with Gasteiger partial charge in [-0.15, -0.1) is 0 Å². The highest BCUT2D eigenvalue weighted by Gasteiger charge is 2.22. The molecule has 1 unspecified atom stereocenters. The maximum absolute atomic E-state index is 5.80. The Hall–Kier alpha value is -0.610. The molecule has 0 amide bonds. The third kappa shape index (κ3) is 1.36.